The van der Waals surface area contributed by atoms with Crippen molar-refractivity contribution in [1.29, 1.82) is 0 Å². The molecule has 0 saturated carbocycles. The largest absolute Gasteiger partial charge is 0.382 e. The second-order valence-corrected chi connectivity index (χ2v) is 3.78. The quantitative estimate of drug-likeness (QED) is 0.573. The van der Waals surface area contributed by atoms with E-state index >= 15 is 0 Å². The molecule has 0 aromatic rings. The fourth-order valence-electron chi connectivity index (χ4n) is 1.43. The first-order valence-corrected chi connectivity index (χ1v) is 5.74. The molecule has 0 bridgehead atoms. The zero-order valence-electron chi connectivity index (χ0n) is 9.96. The SMILES string of the molecule is CCOCCCN(CC)CC(C)CN. The summed E-state index contributed by atoms with van der Waals surface area (Å²) < 4.78 is 5.31. The smallest absolute Gasteiger partial charge is 0.0478 e. The van der Waals surface area contributed by atoms with Crippen LogP contribution in [0.2, 0.25) is 0 Å². The minimum atomic E-state index is 0.599. The van der Waals surface area contributed by atoms with Crippen molar-refractivity contribution in [3.05, 3.63) is 0 Å². The van der Waals surface area contributed by atoms with E-state index < -0.39 is 0 Å². The average molecular weight is 202 g/mol. The molecule has 1 unspecified atom stereocenters. The van der Waals surface area contributed by atoms with Gasteiger partial charge >= 0.3 is 0 Å². The van der Waals surface area contributed by atoms with Crippen molar-refractivity contribution in [2.45, 2.75) is 27.2 Å². The molecule has 0 radical (unpaired) electrons. The van der Waals surface area contributed by atoms with E-state index in [1.54, 1.807) is 0 Å². The van der Waals surface area contributed by atoms with Crippen molar-refractivity contribution in [3.8, 4) is 0 Å². The first kappa shape index (κ1) is 13.9. The highest BCUT2D eigenvalue weighted by atomic mass is 16.5. The summed E-state index contributed by atoms with van der Waals surface area (Å²) in [5.41, 5.74) is 5.60. The minimum absolute atomic E-state index is 0.599. The van der Waals surface area contributed by atoms with Crippen LogP contribution in [0.5, 0.6) is 0 Å². The highest BCUT2D eigenvalue weighted by Crippen LogP contribution is 1.99. The molecule has 0 aliphatic heterocycles. The molecule has 0 amide bonds. The van der Waals surface area contributed by atoms with Crippen LogP contribution in [-0.4, -0.2) is 44.3 Å². The molecule has 0 aromatic carbocycles. The van der Waals surface area contributed by atoms with Crippen LogP contribution in [0.3, 0.4) is 0 Å². The monoisotopic (exact) mass is 202 g/mol. The molecule has 0 heterocycles. The summed E-state index contributed by atoms with van der Waals surface area (Å²) >= 11 is 0. The summed E-state index contributed by atoms with van der Waals surface area (Å²) in [6, 6.07) is 0. The van der Waals surface area contributed by atoms with E-state index in [-0.39, 0.29) is 0 Å². The van der Waals surface area contributed by atoms with Gasteiger partial charge in [0.2, 0.25) is 0 Å². The van der Waals surface area contributed by atoms with Gasteiger partial charge in [-0.2, -0.15) is 0 Å². The van der Waals surface area contributed by atoms with Gasteiger partial charge in [0.15, 0.2) is 0 Å². The molecular formula is C11H26N2O. The number of nitrogens with two attached hydrogens (primary N) is 1. The number of nitrogens with zero attached hydrogens (tertiary/aromatic N) is 1. The van der Waals surface area contributed by atoms with Gasteiger partial charge in [0.1, 0.15) is 0 Å². The van der Waals surface area contributed by atoms with Crippen molar-refractivity contribution >= 4 is 0 Å². The highest BCUT2D eigenvalue weighted by molar-refractivity contribution is 4.61. The second kappa shape index (κ2) is 9.44. The van der Waals surface area contributed by atoms with Gasteiger partial charge in [0, 0.05) is 26.3 Å². The van der Waals surface area contributed by atoms with Crippen LogP contribution in [0.1, 0.15) is 27.2 Å². The van der Waals surface area contributed by atoms with Gasteiger partial charge in [-0.25, -0.2) is 0 Å². The van der Waals surface area contributed by atoms with E-state index in [2.05, 4.69) is 18.7 Å². The Morgan fingerprint density at radius 2 is 2.07 bits per heavy atom. The number of hydrogen-bond donors (Lipinski definition) is 1. The lowest BCUT2D eigenvalue weighted by Gasteiger charge is -2.23. The molecule has 1 atom stereocenters. The van der Waals surface area contributed by atoms with Crippen LogP contribution in [0.15, 0.2) is 0 Å². The van der Waals surface area contributed by atoms with Gasteiger partial charge in [-0.05, 0) is 32.4 Å². The van der Waals surface area contributed by atoms with Crippen molar-refractivity contribution in [2.24, 2.45) is 11.7 Å². The van der Waals surface area contributed by atoms with Crippen molar-refractivity contribution in [2.75, 3.05) is 39.4 Å². The Balaban J connectivity index is 3.47. The van der Waals surface area contributed by atoms with E-state index in [0.29, 0.717) is 5.92 Å². The first-order chi connectivity index (χ1) is 6.74. The number of ether oxygens (including phenoxy) is 1. The lowest BCUT2D eigenvalue weighted by molar-refractivity contribution is 0.130. The van der Waals surface area contributed by atoms with Crippen LogP contribution < -0.4 is 5.73 Å². The number of hydrogen-bond acceptors (Lipinski definition) is 3. The first-order valence-electron chi connectivity index (χ1n) is 5.74. The third-order valence-corrected chi connectivity index (χ3v) is 2.39. The molecular weight excluding hydrogens is 176 g/mol. The van der Waals surface area contributed by atoms with Crippen LogP contribution in [0, 0.1) is 5.92 Å². The summed E-state index contributed by atoms with van der Waals surface area (Å²) in [6.45, 7) is 12.3. The molecule has 14 heavy (non-hydrogen) atoms. The van der Waals surface area contributed by atoms with Crippen LogP contribution >= 0.6 is 0 Å². The Morgan fingerprint density at radius 3 is 2.57 bits per heavy atom. The molecule has 0 fully saturated rings. The summed E-state index contributed by atoms with van der Waals surface area (Å²) in [7, 11) is 0. The third kappa shape index (κ3) is 7.30. The Bertz CT molecular complexity index is 120. The molecule has 86 valence electrons. The molecule has 0 rings (SSSR count). The molecule has 2 N–H and O–H groups in total. The normalized spacial score (nSPS) is 13.5. The predicted molar refractivity (Wildman–Crippen MR) is 61.4 cm³/mol. The fraction of sp³-hybridized carbons (Fsp3) is 1.00. The van der Waals surface area contributed by atoms with Gasteiger partial charge in [0.05, 0.1) is 0 Å². The van der Waals surface area contributed by atoms with Gasteiger partial charge in [0.25, 0.3) is 0 Å². The maximum Gasteiger partial charge on any atom is 0.0478 e. The average Bonchev–Trinajstić information content (AvgIpc) is 2.22. The second-order valence-electron chi connectivity index (χ2n) is 3.78. The van der Waals surface area contributed by atoms with Gasteiger partial charge < -0.3 is 15.4 Å². The molecule has 0 saturated heterocycles. The van der Waals surface area contributed by atoms with E-state index in [1.165, 1.54) is 0 Å². The lowest BCUT2D eigenvalue weighted by atomic mass is 10.1. The molecule has 0 aromatic heterocycles. The summed E-state index contributed by atoms with van der Waals surface area (Å²) in [5, 5.41) is 0. The molecule has 0 aliphatic carbocycles. The highest BCUT2D eigenvalue weighted by Gasteiger charge is 2.06. The molecule has 0 aliphatic rings. The summed E-state index contributed by atoms with van der Waals surface area (Å²) in [6.07, 6.45) is 1.12. The summed E-state index contributed by atoms with van der Waals surface area (Å²) in [5.74, 6) is 0.599. The summed E-state index contributed by atoms with van der Waals surface area (Å²) in [4.78, 5) is 2.44. The Hall–Kier alpha value is -0.120. The van der Waals surface area contributed by atoms with Crippen molar-refractivity contribution < 1.29 is 4.74 Å². The van der Waals surface area contributed by atoms with E-state index in [1.807, 2.05) is 6.92 Å². The van der Waals surface area contributed by atoms with Crippen LogP contribution in [0.25, 0.3) is 0 Å². The lowest BCUT2D eigenvalue weighted by Crippen LogP contribution is -2.32. The third-order valence-electron chi connectivity index (χ3n) is 2.39. The zero-order valence-corrected chi connectivity index (χ0v) is 9.96. The fourth-order valence-corrected chi connectivity index (χ4v) is 1.43. The predicted octanol–water partition coefficient (Wildman–Crippen LogP) is 1.33. The van der Waals surface area contributed by atoms with Gasteiger partial charge in [-0.1, -0.05) is 13.8 Å². The Labute approximate surface area is 88.6 Å². The maximum absolute atomic E-state index is 5.60. The van der Waals surface area contributed by atoms with Crippen LogP contribution in [0.4, 0.5) is 0 Å². The van der Waals surface area contributed by atoms with Gasteiger partial charge in [-0.3, -0.25) is 0 Å². The maximum atomic E-state index is 5.60. The van der Waals surface area contributed by atoms with E-state index in [4.69, 9.17) is 10.5 Å². The Morgan fingerprint density at radius 1 is 1.36 bits per heavy atom. The molecule has 3 nitrogen and oxygen atoms in total. The molecule has 3 heteroatoms. The standard InChI is InChI=1S/C11H26N2O/c1-4-13(10-11(3)9-12)7-6-8-14-5-2/h11H,4-10,12H2,1-3H3. The topological polar surface area (TPSA) is 38.5 Å². The van der Waals surface area contributed by atoms with E-state index in [9.17, 15) is 0 Å². The van der Waals surface area contributed by atoms with E-state index in [0.717, 1.165) is 45.8 Å². The number of rotatable bonds is 9. The minimum Gasteiger partial charge on any atom is -0.382 e. The van der Waals surface area contributed by atoms with Crippen molar-refractivity contribution in [3.63, 3.8) is 0 Å². The Kier molecular flexibility index (Phi) is 9.35. The molecule has 0 spiro atoms. The van der Waals surface area contributed by atoms with Crippen LogP contribution in [-0.2, 0) is 4.74 Å². The van der Waals surface area contributed by atoms with Gasteiger partial charge in [-0.15, -0.1) is 0 Å². The zero-order chi connectivity index (χ0) is 10.8. The van der Waals surface area contributed by atoms with Crippen molar-refractivity contribution in [1.82, 2.24) is 4.90 Å².